The van der Waals surface area contributed by atoms with E-state index in [1.165, 1.54) is 21.1 Å². The molecule has 8 aromatic rings. The fourth-order valence-electron chi connectivity index (χ4n) is 5.93. The van der Waals surface area contributed by atoms with Crippen LogP contribution in [-0.2, 0) is 6.42 Å². The molecule has 0 saturated carbocycles. The van der Waals surface area contributed by atoms with Crippen molar-refractivity contribution in [3.8, 4) is 11.6 Å². The van der Waals surface area contributed by atoms with Crippen LogP contribution in [0.5, 0.6) is 0 Å². The molecule has 0 N–H and O–H groups in total. The first-order valence-electron chi connectivity index (χ1n) is 13.0. The second kappa shape index (κ2) is 7.78. The number of benzene rings is 3. The molecule has 0 radical (unpaired) electrons. The van der Waals surface area contributed by atoms with E-state index in [2.05, 4.69) is 85.7 Å². The molecule has 0 saturated heterocycles. The first-order valence-corrected chi connectivity index (χ1v) is 13.8. The molecule has 7 nitrogen and oxygen atoms in total. The summed E-state index contributed by atoms with van der Waals surface area (Å²) in [4.78, 5) is 15.4. The van der Waals surface area contributed by atoms with E-state index in [4.69, 9.17) is 9.97 Å². The van der Waals surface area contributed by atoms with Crippen LogP contribution >= 0.6 is 11.3 Å². The van der Waals surface area contributed by atoms with Crippen LogP contribution in [0.15, 0.2) is 103 Å². The molecule has 8 heteroatoms. The lowest BCUT2D eigenvalue weighted by atomic mass is 10.2. The summed E-state index contributed by atoms with van der Waals surface area (Å²) < 4.78 is 6.37. The summed E-state index contributed by atoms with van der Waals surface area (Å²) in [7, 11) is 0. The number of rotatable bonds is 3. The van der Waals surface area contributed by atoms with Crippen molar-refractivity contribution in [2.45, 2.75) is 6.42 Å². The number of hydrogen-bond acceptors (Lipinski definition) is 5. The number of aromatic nitrogens is 6. The molecule has 39 heavy (non-hydrogen) atoms. The molecular formula is C31H21N7S. The number of pyridine rings is 1. The zero-order valence-electron chi connectivity index (χ0n) is 20.8. The lowest BCUT2D eigenvalue weighted by Crippen LogP contribution is -2.13. The van der Waals surface area contributed by atoms with E-state index in [0.717, 1.165) is 57.8 Å². The Labute approximate surface area is 226 Å². The SMILES string of the molecule is c1ccc(N2CCc3sc4c(nc5n(-c6cccc(-n7ncc8ccccc87)n6)c6ccccc6n45)c32)cc1. The van der Waals surface area contributed by atoms with Crippen molar-refractivity contribution in [2.24, 2.45) is 0 Å². The highest BCUT2D eigenvalue weighted by Crippen LogP contribution is 2.46. The fourth-order valence-corrected chi connectivity index (χ4v) is 7.17. The lowest BCUT2D eigenvalue weighted by molar-refractivity contribution is 0.863. The van der Waals surface area contributed by atoms with Crippen LogP contribution < -0.4 is 4.90 Å². The molecule has 0 bridgehead atoms. The molecular weight excluding hydrogens is 502 g/mol. The number of para-hydroxylation sites is 4. The minimum Gasteiger partial charge on any atom is -0.338 e. The zero-order chi connectivity index (χ0) is 25.5. The van der Waals surface area contributed by atoms with Gasteiger partial charge in [0.15, 0.2) is 5.82 Å². The molecule has 5 aromatic heterocycles. The van der Waals surface area contributed by atoms with Crippen molar-refractivity contribution in [1.82, 2.24) is 28.7 Å². The normalized spacial score (nSPS) is 13.4. The van der Waals surface area contributed by atoms with Gasteiger partial charge in [-0.05, 0) is 42.5 Å². The highest BCUT2D eigenvalue weighted by atomic mass is 32.1. The summed E-state index contributed by atoms with van der Waals surface area (Å²) in [5, 5.41) is 5.72. The Balaban J connectivity index is 1.29. The monoisotopic (exact) mass is 523 g/mol. The van der Waals surface area contributed by atoms with Crippen LogP contribution in [0, 0.1) is 0 Å². The second-order valence-corrected chi connectivity index (χ2v) is 10.9. The first kappa shape index (κ1) is 21.0. The van der Waals surface area contributed by atoms with Crippen molar-refractivity contribution >= 4 is 60.8 Å². The molecule has 3 aromatic carbocycles. The molecule has 0 atom stereocenters. The summed E-state index contributed by atoms with van der Waals surface area (Å²) in [6.07, 6.45) is 2.92. The average molecular weight is 524 g/mol. The van der Waals surface area contributed by atoms with Gasteiger partial charge in [-0.15, -0.1) is 11.3 Å². The van der Waals surface area contributed by atoms with Crippen LogP contribution in [0.2, 0.25) is 0 Å². The number of anilines is 2. The Kier molecular flexibility index (Phi) is 4.20. The van der Waals surface area contributed by atoms with Gasteiger partial charge in [-0.2, -0.15) is 5.10 Å². The van der Waals surface area contributed by atoms with Gasteiger partial charge < -0.3 is 4.90 Å². The molecule has 0 fully saturated rings. The molecule has 1 aliphatic heterocycles. The van der Waals surface area contributed by atoms with Crippen LogP contribution in [-0.4, -0.2) is 35.3 Å². The van der Waals surface area contributed by atoms with E-state index in [1.54, 1.807) is 0 Å². The smallest absolute Gasteiger partial charge is 0.222 e. The van der Waals surface area contributed by atoms with Crippen molar-refractivity contribution in [2.75, 3.05) is 11.4 Å². The molecule has 0 unspecified atom stereocenters. The third kappa shape index (κ3) is 2.89. The summed E-state index contributed by atoms with van der Waals surface area (Å²) >= 11 is 1.86. The Morgan fingerprint density at radius 2 is 1.46 bits per heavy atom. The Hall–Kier alpha value is -4.95. The van der Waals surface area contributed by atoms with E-state index in [9.17, 15) is 0 Å². The van der Waals surface area contributed by atoms with Crippen LogP contribution in [0.1, 0.15) is 4.88 Å². The van der Waals surface area contributed by atoms with Gasteiger partial charge in [0.25, 0.3) is 0 Å². The molecule has 0 aliphatic carbocycles. The largest absolute Gasteiger partial charge is 0.338 e. The average Bonchev–Trinajstić information content (AvgIpc) is 3.78. The third-order valence-electron chi connectivity index (χ3n) is 7.63. The predicted octanol–water partition coefficient (Wildman–Crippen LogP) is 6.92. The third-order valence-corrected chi connectivity index (χ3v) is 8.85. The van der Waals surface area contributed by atoms with Gasteiger partial charge in [0.2, 0.25) is 5.78 Å². The maximum Gasteiger partial charge on any atom is 0.222 e. The number of fused-ring (bicyclic) bond motifs is 8. The van der Waals surface area contributed by atoms with Crippen molar-refractivity contribution < 1.29 is 0 Å². The second-order valence-electron chi connectivity index (χ2n) is 9.81. The van der Waals surface area contributed by atoms with Crippen LogP contribution in [0.3, 0.4) is 0 Å². The maximum atomic E-state index is 5.31. The van der Waals surface area contributed by atoms with E-state index < -0.39 is 0 Å². The highest BCUT2D eigenvalue weighted by Gasteiger charge is 2.30. The lowest BCUT2D eigenvalue weighted by Gasteiger charge is -2.18. The fraction of sp³-hybridized carbons (Fsp3) is 0.0645. The number of thiophene rings is 1. The van der Waals surface area contributed by atoms with Gasteiger partial charge in [0.05, 0.1) is 28.4 Å². The number of hydrogen-bond donors (Lipinski definition) is 0. The number of imidazole rings is 2. The van der Waals surface area contributed by atoms with Crippen LogP contribution in [0.25, 0.3) is 49.7 Å². The van der Waals surface area contributed by atoms with Gasteiger partial charge in [-0.25, -0.2) is 14.6 Å². The topological polar surface area (TPSA) is 56.2 Å². The van der Waals surface area contributed by atoms with E-state index >= 15 is 0 Å². The molecule has 186 valence electrons. The van der Waals surface area contributed by atoms with Gasteiger partial charge in [0, 0.05) is 28.9 Å². The van der Waals surface area contributed by atoms with Gasteiger partial charge in [-0.3, -0.25) is 8.97 Å². The zero-order valence-corrected chi connectivity index (χ0v) is 21.6. The Morgan fingerprint density at radius 3 is 2.36 bits per heavy atom. The molecule has 6 heterocycles. The summed E-state index contributed by atoms with van der Waals surface area (Å²) in [6.45, 7) is 0.977. The molecule has 9 rings (SSSR count). The van der Waals surface area contributed by atoms with Gasteiger partial charge in [0.1, 0.15) is 16.2 Å². The summed E-state index contributed by atoms with van der Waals surface area (Å²) in [5.41, 5.74) is 6.73. The summed E-state index contributed by atoms with van der Waals surface area (Å²) in [6, 6.07) is 33.4. The maximum absolute atomic E-state index is 5.31. The molecule has 0 spiro atoms. The van der Waals surface area contributed by atoms with E-state index in [0.29, 0.717) is 0 Å². The quantitative estimate of drug-likeness (QED) is 0.252. The minimum atomic E-state index is 0.772. The van der Waals surface area contributed by atoms with Crippen LogP contribution in [0.4, 0.5) is 11.4 Å². The van der Waals surface area contributed by atoms with Crippen molar-refractivity contribution in [3.05, 3.63) is 108 Å². The van der Waals surface area contributed by atoms with Gasteiger partial charge >= 0.3 is 0 Å². The number of nitrogens with zero attached hydrogens (tertiary/aromatic N) is 7. The summed E-state index contributed by atoms with van der Waals surface area (Å²) in [5.74, 6) is 2.46. The first-order chi connectivity index (χ1) is 19.3. The Morgan fingerprint density at radius 1 is 0.692 bits per heavy atom. The molecule has 1 aliphatic rings. The van der Waals surface area contributed by atoms with Crippen molar-refractivity contribution in [1.29, 1.82) is 0 Å². The Bertz CT molecular complexity index is 2200. The van der Waals surface area contributed by atoms with E-state index in [1.807, 2.05) is 52.5 Å². The highest BCUT2D eigenvalue weighted by molar-refractivity contribution is 7.19. The standard InChI is InChI=1S/C31H21N7S/c1-2-10-21(11-3-1)35-18-17-25-29(35)28-30(39-25)37-24-14-7-6-13-23(24)36(31(37)34-28)26-15-8-16-27(33-26)38-22-12-5-4-9-20(22)19-32-38/h1-16,19H,17-18H2. The minimum absolute atomic E-state index is 0.772. The van der Waals surface area contributed by atoms with Crippen molar-refractivity contribution in [3.63, 3.8) is 0 Å². The van der Waals surface area contributed by atoms with Gasteiger partial charge in [-0.1, -0.05) is 54.6 Å². The molecule has 0 amide bonds. The predicted molar refractivity (Wildman–Crippen MR) is 157 cm³/mol. The van der Waals surface area contributed by atoms with E-state index in [-0.39, 0.29) is 0 Å².